The molecule has 2 rings (SSSR count). The lowest BCUT2D eigenvalue weighted by atomic mass is 10.2. The maximum Gasteiger partial charge on any atom is 0.240 e. The van der Waals surface area contributed by atoms with Gasteiger partial charge in [-0.1, -0.05) is 23.7 Å². The predicted octanol–water partition coefficient (Wildman–Crippen LogP) is 3.81. The molecule has 0 bridgehead atoms. The maximum atomic E-state index is 12.2. The number of ether oxygens (including phenoxy) is 1. The largest absolute Gasteiger partial charge is 0.493 e. The van der Waals surface area contributed by atoms with E-state index in [9.17, 15) is 13.2 Å². The molecule has 2 aromatic carbocycles. The Labute approximate surface area is 177 Å². The summed E-state index contributed by atoms with van der Waals surface area (Å²) in [5.74, 6) is 0.637. The first-order valence-electron chi connectivity index (χ1n) is 9.44. The zero-order chi connectivity index (χ0) is 21.4. The average Bonchev–Trinajstić information content (AvgIpc) is 2.64. The lowest BCUT2D eigenvalue weighted by Crippen LogP contribution is -2.30. The number of rotatable bonds is 10. The van der Waals surface area contributed by atoms with Crippen molar-refractivity contribution in [2.45, 2.75) is 51.1 Å². The second-order valence-electron chi connectivity index (χ2n) is 7.06. The summed E-state index contributed by atoms with van der Waals surface area (Å²) in [4.78, 5) is 12.2. The van der Waals surface area contributed by atoms with E-state index in [4.69, 9.17) is 16.3 Å². The van der Waals surface area contributed by atoms with Crippen LogP contribution >= 0.6 is 11.6 Å². The summed E-state index contributed by atoms with van der Waals surface area (Å²) < 4.78 is 32.7. The molecule has 0 fully saturated rings. The van der Waals surface area contributed by atoms with Crippen LogP contribution in [0.4, 0.5) is 0 Å². The van der Waals surface area contributed by atoms with E-state index in [1.807, 2.05) is 19.1 Å². The number of halogens is 1. The van der Waals surface area contributed by atoms with Gasteiger partial charge in [0.05, 0.1) is 11.5 Å². The van der Waals surface area contributed by atoms with Crippen LogP contribution in [0.15, 0.2) is 47.4 Å². The standard InChI is InChI=1S/C21H27ClN2O4S/c1-15(2)24-29(26,27)19-7-4-6-17(13-19)14-23-21(25)8-5-11-28-20-10-9-18(22)12-16(20)3/h4,6-7,9-10,12-13,15,24H,5,8,11,14H2,1-3H3,(H,23,25). The highest BCUT2D eigenvalue weighted by atomic mass is 35.5. The van der Waals surface area contributed by atoms with Crippen molar-refractivity contribution >= 4 is 27.5 Å². The number of aryl methyl sites for hydroxylation is 1. The van der Waals surface area contributed by atoms with Gasteiger partial charge in [-0.25, -0.2) is 13.1 Å². The molecule has 0 atom stereocenters. The third-order valence-corrected chi connectivity index (χ3v) is 5.92. The number of benzene rings is 2. The molecule has 0 radical (unpaired) electrons. The molecule has 1 amide bonds. The zero-order valence-electron chi connectivity index (χ0n) is 16.9. The minimum Gasteiger partial charge on any atom is -0.493 e. The number of carbonyl (C=O) groups excluding carboxylic acids is 1. The normalized spacial score (nSPS) is 11.5. The van der Waals surface area contributed by atoms with Gasteiger partial charge in [-0.15, -0.1) is 0 Å². The van der Waals surface area contributed by atoms with Crippen molar-refractivity contribution in [3.8, 4) is 5.75 Å². The van der Waals surface area contributed by atoms with Crippen molar-refractivity contribution in [3.63, 3.8) is 0 Å². The molecule has 0 aliphatic carbocycles. The van der Waals surface area contributed by atoms with Gasteiger partial charge in [-0.2, -0.15) is 0 Å². The first-order chi connectivity index (χ1) is 13.7. The van der Waals surface area contributed by atoms with Crippen LogP contribution < -0.4 is 14.8 Å². The van der Waals surface area contributed by atoms with Crippen molar-refractivity contribution in [2.75, 3.05) is 6.61 Å². The van der Waals surface area contributed by atoms with Crippen LogP contribution in [-0.4, -0.2) is 27.0 Å². The zero-order valence-corrected chi connectivity index (χ0v) is 18.4. The van der Waals surface area contributed by atoms with Gasteiger partial charge in [0.2, 0.25) is 15.9 Å². The number of amides is 1. The fourth-order valence-corrected chi connectivity index (χ4v) is 4.23. The summed E-state index contributed by atoms with van der Waals surface area (Å²) in [6.45, 7) is 6.13. The maximum absolute atomic E-state index is 12.2. The average molecular weight is 439 g/mol. The molecule has 0 spiro atoms. The molecule has 29 heavy (non-hydrogen) atoms. The minimum atomic E-state index is -3.56. The third kappa shape index (κ3) is 7.68. The first kappa shape index (κ1) is 23.2. The van der Waals surface area contributed by atoms with E-state index in [1.165, 1.54) is 6.07 Å². The summed E-state index contributed by atoms with van der Waals surface area (Å²) in [6.07, 6.45) is 0.889. The Morgan fingerprint density at radius 1 is 1.17 bits per heavy atom. The summed E-state index contributed by atoms with van der Waals surface area (Å²) >= 11 is 5.92. The minimum absolute atomic E-state index is 0.116. The van der Waals surface area contributed by atoms with Gasteiger partial charge in [0.15, 0.2) is 0 Å². The Kier molecular flexibility index (Phi) is 8.49. The number of hydrogen-bond donors (Lipinski definition) is 2. The van der Waals surface area contributed by atoms with E-state index in [1.54, 1.807) is 38.1 Å². The highest BCUT2D eigenvalue weighted by molar-refractivity contribution is 7.89. The molecular weight excluding hydrogens is 412 g/mol. The van der Waals surface area contributed by atoms with Gasteiger partial charge in [-0.05, 0) is 68.7 Å². The number of sulfonamides is 1. The van der Waals surface area contributed by atoms with Gasteiger partial charge in [-0.3, -0.25) is 4.79 Å². The molecule has 158 valence electrons. The Morgan fingerprint density at radius 2 is 1.93 bits per heavy atom. The molecule has 0 heterocycles. The summed E-state index contributed by atoms with van der Waals surface area (Å²) in [7, 11) is -3.56. The number of hydrogen-bond acceptors (Lipinski definition) is 4. The van der Waals surface area contributed by atoms with E-state index in [2.05, 4.69) is 10.0 Å². The third-order valence-electron chi connectivity index (χ3n) is 4.03. The van der Waals surface area contributed by atoms with E-state index < -0.39 is 10.0 Å². The second kappa shape index (κ2) is 10.6. The number of carbonyl (C=O) groups is 1. The molecular formula is C21H27ClN2O4S. The molecule has 0 saturated carbocycles. The first-order valence-corrected chi connectivity index (χ1v) is 11.3. The molecule has 2 N–H and O–H groups in total. The van der Waals surface area contributed by atoms with Crippen LogP contribution in [0.25, 0.3) is 0 Å². The highest BCUT2D eigenvalue weighted by Gasteiger charge is 2.15. The molecule has 0 aliphatic heterocycles. The van der Waals surface area contributed by atoms with Gasteiger partial charge < -0.3 is 10.1 Å². The SMILES string of the molecule is Cc1cc(Cl)ccc1OCCCC(=O)NCc1cccc(S(=O)(=O)NC(C)C)c1. The Balaban J connectivity index is 1.78. The van der Waals surface area contributed by atoms with Gasteiger partial charge in [0.1, 0.15) is 5.75 Å². The van der Waals surface area contributed by atoms with Crippen LogP contribution in [-0.2, 0) is 21.4 Å². The van der Waals surface area contributed by atoms with Crippen molar-refractivity contribution < 1.29 is 17.9 Å². The molecule has 8 heteroatoms. The highest BCUT2D eigenvalue weighted by Crippen LogP contribution is 2.22. The van der Waals surface area contributed by atoms with E-state index in [0.717, 1.165) is 16.9 Å². The second-order valence-corrected chi connectivity index (χ2v) is 9.21. The molecule has 0 saturated heterocycles. The Hall–Kier alpha value is -2.09. The van der Waals surface area contributed by atoms with Crippen molar-refractivity contribution in [1.82, 2.24) is 10.0 Å². The Morgan fingerprint density at radius 3 is 2.62 bits per heavy atom. The van der Waals surface area contributed by atoms with Crippen LogP contribution in [0, 0.1) is 6.92 Å². The monoisotopic (exact) mass is 438 g/mol. The fourth-order valence-electron chi connectivity index (χ4n) is 2.68. The number of nitrogens with one attached hydrogen (secondary N) is 2. The van der Waals surface area contributed by atoms with E-state index in [-0.39, 0.29) is 23.4 Å². The molecule has 2 aromatic rings. The van der Waals surface area contributed by atoms with Crippen molar-refractivity contribution in [3.05, 3.63) is 58.6 Å². The predicted molar refractivity (Wildman–Crippen MR) is 115 cm³/mol. The van der Waals surface area contributed by atoms with E-state index >= 15 is 0 Å². The van der Waals surface area contributed by atoms with Crippen LogP contribution in [0.1, 0.15) is 37.8 Å². The molecule has 6 nitrogen and oxygen atoms in total. The van der Waals surface area contributed by atoms with Crippen LogP contribution in [0.5, 0.6) is 5.75 Å². The lowest BCUT2D eigenvalue weighted by Gasteiger charge is -2.11. The van der Waals surface area contributed by atoms with Crippen LogP contribution in [0.2, 0.25) is 5.02 Å². The smallest absolute Gasteiger partial charge is 0.240 e. The van der Waals surface area contributed by atoms with Crippen molar-refractivity contribution in [2.24, 2.45) is 0 Å². The van der Waals surface area contributed by atoms with Gasteiger partial charge in [0, 0.05) is 24.0 Å². The molecule has 0 unspecified atom stereocenters. The fraction of sp³-hybridized carbons (Fsp3) is 0.381. The summed E-state index contributed by atoms with van der Waals surface area (Å²) in [5.41, 5.74) is 1.67. The van der Waals surface area contributed by atoms with E-state index in [0.29, 0.717) is 24.5 Å². The molecule has 0 aromatic heterocycles. The Bertz CT molecular complexity index is 945. The van der Waals surface area contributed by atoms with Crippen LogP contribution in [0.3, 0.4) is 0 Å². The summed E-state index contributed by atoms with van der Waals surface area (Å²) in [6, 6.07) is 11.8. The van der Waals surface area contributed by atoms with Crippen molar-refractivity contribution in [1.29, 1.82) is 0 Å². The quantitative estimate of drug-likeness (QED) is 0.552. The van der Waals surface area contributed by atoms with Gasteiger partial charge >= 0.3 is 0 Å². The molecule has 0 aliphatic rings. The summed E-state index contributed by atoms with van der Waals surface area (Å²) in [5, 5.41) is 3.47. The lowest BCUT2D eigenvalue weighted by molar-refractivity contribution is -0.121. The topological polar surface area (TPSA) is 84.5 Å². The van der Waals surface area contributed by atoms with Gasteiger partial charge in [0.25, 0.3) is 0 Å².